The van der Waals surface area contributed by atoms with Crippen LogP contribution >= 0.6 is 0 Å². The Morgan fingerprint density at radius 3 is 2.41 bits per heavy atom. The SMILES string of the molecule is O=C1[C@@H]2[C@H](C(=O)N1c1cccc(-c3nc4ccccc4o3)c1)[C@@H]1C=C[C@H]2C1. The number of fused-ring (bicyclic) bond motifs is 6. The molecule has 2 bridgehead atoms. The molecular weight excluding hydrogens is 340 g/mol. The molecular formula is C22H16N2O3. The fraction of sp³-hybridized carbons (Fsp3) is 0.227. The number of amides is 2. The molecule has 2 aliphatic carbocycles. The third-order valence-corrected chi connectivity index (χ3v) is 6.12. The second kappa shape index (κ2) is 5.16. The lowest BCUT2D eigenvalue weighted by atomic mass is 9.85. The van der Waals surface area contributed by atoms with E-state index in [9.17, 15) is 9.59 Å². The number of hydrogen-bond acceptors (Lipinski definition) is 4. The van der Waals surface area contributed by atoms with E-state index >= 15 is 0 Å². The molecule has 1 saturated carbocycles. The van der Waals surface area contributed by atoms with E-state index in [1.54, 1.807) is 6.07 Å². The number of rotatable bonds is 2. The Labute approximate surface area is 155 Å². The van der Waals surface area contributed by atoms with Crippen LogP contribution in [0, 0.1) is 23.7 Å². The highest BCUT2D eigenvalue weighted by Crippen LogP contribution is 2.53. The summed E-state index contributed by atoms with van der Waals surface area (Å²) in [5.41, 5.74) is 2.84. The van der Waals surface area contributed by atoms with Crippen LogP contribution in [-0.2, 0) is 9.59 Å². The van der Waals surface area contributed by atoms with Gasteiger partial charge in [-0.3, -0.25) is 9.59 Å². The van der Waals surface area contributed by atoms with E-state index in [-0.39, 0.29) is 35.5 Å². The van der Waals surface area contributed by atoms with Gasteiger partial charge in [0.2, 0.25) is 17.7 Å². The van der Waals surface area contributed by atoms with Gasteiger partial charge in [0.1, 0.15) is 5.52 Å². The van der Waals surface area contributed by atoms with E-state index in [0.717, 1.165) is 17.5 Å². The normalized spacial score (nSPS) is 28.5. The number of nitrogens with zero attached hydrogens (tertiary/aromatic N) is 2. The highest BCUT2D eigenvalue weighted by molar-refractivity contribution is 6.23. The van der Waals surface area contributed by atoms with Crippen LogP contribution in [0.1, 0.15) is 6.42 Å². The van der Waals surface area contributed by atoms with Gasteiger partial charge in [-0.05, 0) is 48.6 Å². The number of benzene rings is 2. The minimum absolute atomic E-state index is 0.0726. The molecule has 0 radical (unpaired) electrons. The third kappa shape index (κ3) is 1.97. The molecule has 4 atom stereocenters. The number of carbonyl (C=O) groups excluding carboxylic acids is 2. The minimum atomic E-state index is -0.194. The Morgan fingerprint density at radius 1 is 0.926 bits per heavy atom. The fourth-order valence-electron chi connectivity index (χ4n) is 4.93. The summed E-state index contributed by atoms with van der Waals surface area (Å²) in [4.78, 5) is 31.9. The summed E-state index contributed by atoms with van der Waals surface area (Å²) in [6.45, 7) is 0. The van der Waals surface area contributed by atoms with Crippen molar-refractivity contribution in [2.45, 2.75) is 6.42 Å². The number of allylic oxidation sites excluding steroid dienone is 2. The third-order valence-electron chi connectivity index (χ3n) is 6.12. The zero-order valence-electron chi connectivity index (χ0n) is 14.4. The van der Waals surface area contributed by atoms with E-state index in [1.807, 2.05) is 42.5 Å². The number of para-hydroxylation sites is 2. The zero-order chi connectivity index (χ0) is 18.1. The molecule has 27 heavy (non-hydrogen) atoms. The number of aromatic nitrogens is 1. The first kappa shape index (κ1) is 14.9. The lowest BCUT2D eigenvalue weighted by Crippen LogP contribution is -2.32. The maximum absolute atomic E-state index is 13.0. The van der Waals surface area contributed by atoms with Crippen molar-refractivity contribution in [1.29, 1.82) is 0 Å². The first-order valence-corrected chi connectivity index (χ1v) is 9.23. The summed E-state index contributed by atoms with van der Waals surface area (Å²) in [6, 6.07) is 14.9. The molecule has 2 heterocycles. The zero-order valence-corrected chi connectivity index (χ0v) is 14.4. The quantitative estimate of drug-likeness (QED) is 0.517. The molecule has 3 aliphatic rings. The molecule has 2 amide bonds. The average molecular weight is 356 g/mol. The van der Waals surface area contributed by atoms with Gasteiger partial charge >= 0.3 is 0 Å². The van der Waals surface area contributed by atoms with Gasteiger partial charge in [-0.15, -0.1) is 0 Å². The van der Waals surface area contributed by atoms with Crippen LogP contribution < -0.4 is 4.90 Å². The largest absolute Gasteiger partial charge is 0.436 e. The topological polar surface area (TPSA) is 63.4 Å². The highest BCUT2D eigenvalue weighted by Gasteiger charge is 2.59. The fourth-order valence-corrected chi connectivity index (χ4v) is 4.93. The first-order valence-electron chi connectivity index (χ1n) is 9.23. The van der Waals surface area contributed by atoms with Crippen LogP contribution in [-0.4, -0.2) is 16.8 Å². The van der Waals surface area contributed by atoms with E-state index in [2.05, 4.69) is 17.1 Å². The van der Waals surface area contributed by atoms with Crippen molar-refractivity contribution in [2.24, 2.45) is 23.7 Å². The molecule has 1 aromatic heterocycles. The van der Waals surface area contributed by atoms with Crippen molar-refractivity contribution in [1.82, 2.24) is 4.98 Å². The lowest BCUT2D eigenvalue weighted by Gasteiger charge is -2.17. The van der Waals surface area contributed by atoms with E-state index in [1.165, 1.54) is 4.90 Å². The van der Waals surface area contributed by atoms with Crippen molar-refractivity contribution in [3.8, 4) is 11.5 Å². The van der Waals surface area contributed by atoms with Crippen LogP contribution in [0.15, 0.2) is 65.1 Å². The Bertz CT molecular complexity index is 1080. The van der Waals surface area contributed by atoms with Crippen LogP contribution in [0.5, 0.6) is 0 Å². The van der Waals surface area contributed by atoms with Crippen molar-refractivity contribution in [3.05, 3.63) is 60.7 Å². The maximum atomic E-state index is 13.0. The molecule has 2 fully saturated rings. The molecule has 0 spiro atoms. The summed E-state index contributed by atoms with van der Waals surface area (Å²) in [6.07, 6.45) is 5.15. The van der Waals surface area contributed by atoms with Gasteiger partial charge in [0.05, 0.1) is 17.5 Å². The lowest BCUT2D eigenvalue weighted by molar-refractivity contribution is -0.123. The monoisotopic (exact) mass is 356 g/mol. The van der Waals surface area contributed by atoms with Crippen molar-refractivity contribution in [3.63, 3.8) is 0 Å². The number of oxazole rings is 1. The molecule has 6 rings (SSSR count). The van der Waals surface area contributed by atoms with Crippen LogP contribution in [0.25, 0.3) is 22.6 Å². The van der Waals surface area contributed by atoms with Gasteiger partial charge in [-0.1, -0.05) is 30.4 Å². The van der Waals surface area contributed by atoms with Crippen LogP contribution in [0.4, 0.5) is 5.69 Å². The number of carbonyl (C=O) groups is 2. The van der Waals surface area contributed by atoms with Crippen LogP contribution in [0.2, 0.25) is 0 Å². The number of anilines is 1. The van der Waals surface area contributed by atoms with Crippen molar-refractivity contribution < 1.29 is 14.0 Å². The van der Waals surface area contributed by atoms with Gasteiger partial charge in [0.15, 0.2) is 5.58 Å². The Balaban J connectivity index is 1.40. The molecule has 0 N–H and O–H groups in total. The van der Waals surface area contributed by atoms with E-state index in [0.29, 0.717) is 17.2 Å². The van der Waals surface area contributed by atoms with E-state index in [4.69, 9.17) is 4.42 Å². The standard InChI is InChI=1S/C22H16N2O3/c25-21-18-12-8-9-13(10-12)19(18)22(26)24(21)15-5-3-4-14(11-15)20-23-16-6-1-2-7-17(16)27-20/h1-9,11-13,18-19H,10H2/t12-,13+,18-,19+. The molecule has 5 heteroatoms. The molecule has 1 saturated heterocycles. The van der Waals surface area contributed by atoms with Gasteiger partial charge in [0.25, 0.3) is 0 Å². The van der Waals surface area contributed by atoms with Gasteiger partial charge < -0.3 is 4.42 Å². The van der Waals surface area contributed by atoms with Gasteiger partial charge in [0, 0.05) is 5.56 Å². The number of imide groups is 1. The second-order valence-corrected chi connectivity index (χ2v) is 7.55. The predicted octanol–water partition coefficient (Wildman–Crippen LogP) is 3.81. The molecule has 2 aromatic carbocycles. The molecule has 0 unspecified atom stereocenters. The smallest absolute Gasteiger partial charge is 0.238 e. The molecule has 5 nitrogen and oxygen atoms in total. The van der Waals surface area contributed by atoms with Crippen LogP contribution in [0.3, 0.4) is 0 Å². The summed E-state index contributed by atoms with van der Waals surface area (Å²) < 4.78 is 5.83. The summed E-state index contributed by atoms with van der Waals surface area (Å²) >= 11 is 0. The second-order valence-electron chi connectivity index (χ2n) is 7.55. The van der Waals surface area contributed by atoms with Gasteiger partial charge in [-0.25, -0.2) is 9.88 Å². The summed E-state index contributed by atoms with van der Waals surface area (Å²) in [5, 5.41) is 0. The molecule has 132 valence electrons. The van der Waals surface area contributed by atoms with E-state index < -0.39 is 0 Å². The Kier molecular flexibility index (Phi) is 2.85. The van der Waals surface area contributed by atoms with Crippen molar-refractivity contribution in [2.75, 3.05) is 4.90 Å². The predicted molar refractivity (Wildman–Crippen MR) is 99.7 cm³/mol. The average Bonchev–Trinajstić information content (AvgIpc) is 3.44. The Morgan fingerprint density at radius 2 is 1.67 bits per heavy atom. The first-order chi connectivity index (χ1) is 13.2. The number of hydrogen-bond donors (Lipinski definition) is 0. The van der Waals surface area contributed by atoms with Gasteiger partial charge in [-0.2, -0.15) is 0 Å². The highest BCUT2D eigenvalue weighted by atomic mass is 16.3. The summed E-state index contributed by atoms with van der Waals surface area (Å²) in [7, 11) is 0. The summed E-state index contributed by atoms with van der Waals surface area (Å²) in [5.74, 6) is 0.372. The molecule has 3 aromatic rings. The maximum Gasteiger partial charge on any atom is 0.238 e. The Hall–Kier alpha value is -3.21. The molecule has 1 aliphatic heterocycles. The van der Waals surface area contributed by atoms with Crippen molar-refractivity contribution >= 4 is 28.6 Å². The minimum Gasteiger partial charge on any atom is -0.436 e.